The number of benzene rings is 1. The van der Waals surface area contributed by atoms with E-state index in [2.05, 4.69) is 32.4 Å². The van der Waals surface area contributed by atoms with Crippen molar-refractivity contribution in [3.63, 3.8) is 0 Å². The molecule has 2 N–H and O–H groups in total. The van der Waals surface area contributed by atoms with Crippen LogP contribution in [-0.4, -0.2) is 97.5 Å². The minimum absolute atomic E-state index is 0.0308. The van der Waals surface area contributed by atoms with Crippen molar-refractivity contribution in [1.82, 2.24) is 25.3 Å². The second-order valence-electron chi connectivity index (χ2n) is 10.1. The van der Waals surface area contributed by atoms with Crippen LogP contribution in [0.15, 0.2) is 24.3 Å². The van der Waals surface area contributed by atoms with Crippen LogP contribution >= 0.6 is 0 Å². The minimum Gasteiger partial charge on any atom is -0.350 e. The van der Waals surface area contributed by atoms with Crippen LogP contribution in [0.3, 0.4) is 0 Å². The first-order valence-corrected chi connectivity index (χ1v) is 12.6. The number of amides is 2. The van der Waals surface area contributed by atoms with Crippen LogP contribution < -0.4 is 10.6 Å². The number of halogens is 3. The summed E-state index contributed by atoms with van der Waals surface area (Å²) in [6.45, 7) is 6.10. The lowest BCUT2D eigenvalue weighted by molar-refractivity contribution is -0.137. The van der Waals surface area contributed by atoms with Crippen molar-refractivity contribution in [2.24, 2.45) is 0 Å². The Hall–Kier alpha value is -2.17. The smallest absolute Gasteiger partial charge is 0.350 e. The molecule has 2 aliphatic heterocycles. The number of nitrogens with zero attached hydrogens (tertiary/aromatic N) is 3. The molecular weight excluding hydrogens is 459 g/mol. The van der Waals surface area contributed by atoms with E-state index in [9.17, 15) is 22.8 Å². The van der Waals surface area contributed by atoms with Gasteiger partial charge in [0.25, 0.3) is 5.91 Å². The summed E-state index contributed by atoms with van der Waals surface area (Å²) >= 11 is 0. The molecule has 1 aliphatic carbocycles. The molecule has 10 heteroatoms. The third kappa shape index (κ3) is 6.95. The molecule has 1 aromatic rings. The van der Waals surface area contributed by atoms with Gasteiger partial charge in [0, 0.05) is 63.0 Å². The van der Waals surface area contributed by atoms with Gasteiger partial charge in [0.15, 0.2) is 0 Å². The largest absolute Gasteiger partial charge is 0.416 e. The minimum atomic E-state index is -4.52. The lowest BCUT2D eigenvalue weighted by Crippen LogP contribution is -2.51. The number of likely N-dealkylation sites (tertiary alicyclic amines) is 1. The summed E-state index contributed by atoms with van der Waals surface area (Å²) in [7, 11) is 2.18. The molecular formula is C25H36F3N5O2. The molecule has 1 saturated carbocycles. The fourth-order valence-electron chi connectivity index (χ4n) is 5.59. The topological polar surface area (TPSA) is 67.9 Å². The third-order valence-corrected chi connectivity index (χ3v) is 7.68. The molecule has 1 atom stereocenters. The highest BCUT2D eigenvalue weighted by Crippen LogP contribution is 2.30. The molecule has 0 bridgehead atoms. The fourth-order valence-corrected chi connectivity index (χ4v) is 5.59. The number of nitrogens with one attached hydrogen (secondary N) is 2. The number of likely N-dealkylation sites (N-methyl/N-ethyl adjacent to an activating group) is 1. The molecule has 3 fully saturated rings. The number of piperazine rings is 1. The highest BCUT2D eigenvalue weighted by atomic mass is 19.4. The molecule has 0 radical (unpaired) electrons. The van der Waals surface area contributed by atoms with E-state index < -0.39 is 17.6 Å². The van der Waals surface area contributed by atoms with E-state index in [1.165, 1.54) is 37.8 Å². The summed E-state index contributed by atoms with van der Waals surface area (Å²) in [6.07, 6.45) is 1.17. The second kappa shape index (κ2) is 11.3. The van der Waals surface area contributed by atoms with Crippen molar-refractivity contribution >= 4 is 11.8 Å². The van der Waals surface area contributed by atoms with Gasteiger partial charge in [0.2, 0.25) is 5.91 Å². The Bertz CT molecular complexity index is 880. The zero-order chi connectivity index (χ0) is 25.0. The Morgan fingerprint density at radius 3 is 2.26 bits per heavy atom. The zero-order valence-corrected chi connectivity index (χ0v) is 20.3. The van der Waals surface area contributed by atoms with Crippen molar-refractivity contribution < 1.29 is 22.8 Å². The summed E-state index contributed by atoms with van der Waals surface area (Å²) in [5, 5.41) is 5.39. The van der Waals surface area contributed by atoms with Crippen molar-refractivity contribution in [2.45, 2.75) is 56.4 Å². The van der Waals surface area contributed by atoms with E-state index in [-0.39, 0.29) is 24.1 Å². The maximum absolute atomic E-state index is 12.9. The molecule has 7 nitrogen and oxygen atoms in total. The van der Waals surface area contributed by atoms with Crippen molar-refractivity contribution in [2.75, 3.05) is 52.9 Å². The Morgan fingerprint density at radius 2 is 1.60 bits per heavy atom. The molecule has 4 rings (SSSR count). The van der Waals surface area contributed by atoms with Gasteiger partial charge in [-0.1, -0.05) is 6.07 Å². The molecule has 0 spiro atoms. The Labute approximate surface area is 205 Å². The number of rotatable bonds is 6. The van der Waals surface area contributed by atoms with Gasteiger partial charge in [0.1, 0.15) is 0 Å². The fraction of sp³-hybridized carbons (Fsp3) is 0.680. The van der Waals surface area contributed by atoms with E-state index in [1.807, 2.05) is 0 Å². The van der Waals surface area contributed by atoms with Gasteiger partial charge in [-0.05, 0) is 57.4 Å². The molecule has 2 saturated heterocycles. The zero-order valence-electron chi connectivity index (χ0n) is 20.3. The van der Waals surface area contributed by atoms with Crippen LogP contribution in [0.5, 0.6) is 0 Å². The standard InChI is InChI=1S/C25H36F3N5O2/c1-31-11-13-32(14-12-31)21-5-7-22(8-6-21)33-10-9-20(17-33)30-23(34)16-29-24(35)18-3-2-4-19(15-18)25(26,27)28/h2-4,15,20-22H,5-14,16-17H2,1H3,(H,29,35)(H,30,34)/t20-,21?,22?/m1/s1. The maximum Gasteiger partial charge on any atom is 0.416 e. The average molecular weight is 496 g/mol. The molecule has 2 amide bonds. The second-order valence-corrected chi connectivity index (χ2v) is 10.1. The van der Waals surface area contributed by atoms with Crippen LogP contribution in [0.4, 0.5) is 13.2 Å². The SMILES string of the molecule is CN1CCN(C2CCC(N3CC[C@@H](NC(=O)CNC(=O)c4cccc(C(F)(F)F)c4)C3)CC2)CC1. The highest BCUT2D eigenvalue weighted by molar-refractivity contribution is 5.96. The van der Waals surface area contributed by atoms with Gasteiger partial charge in [-0.25, -0.2) is 0 Å². The summed E-state index contributed by atoms with van der Waals surface area (Å²) in [4.78, 5) is 32.1. The van der Waals surface area contributed by atoms with E-state index in [0.717, 1.165) is 57.8 Å². The predicted octanol–water partition coefficient (Wildman–Crippen LogP) is 2.18. The monoisotopic (exact) mass is 495 g/mol. The van der Waals surface area contributed by atoms with Crippen molar-refractivity contribution in [3.8, 4) is 0 Å². The average Bonchev–Trinajstić information content (AvgIpc) is 3.31. The molecule has 1 aromatic carbocycles. The summed E-state index contributed by atoms with van der Waals surface area (Å²) in [6, 6.07) is 5.47. The van der Waals surface area contributed by atoms with Crippen molar-refractivity contribution in [1.29, 1.82) is 0 Å². The molecule has 194 valence electrons. The number of alkyl halides is 3. The summed E-state index contributed by atoms with van der Waals surface area (Å²) < 4.78 is 38.6. The molecule has 0 aromatic heterocycles. The van der Waals surface area contributed by atoms with Crippen molar-refractivity contribution in [3.05, 3.63) is 35.4 Å². The van der Waals surface area contributed by atoms with Gasteiger partial charge < -0.3 is 15.5 Å². The molecule has 2 heterocycles. The normalized spacial score (nSPS) is 27.0. The van der Waals surface area contributed by atoms with Gasteiger partial charge in [-0.15, -0.1) is 0 Å². The number of hydrogen-bond donors (Lipinski definition) is 2. The van der Waals surface area contributed by atoms with E-state index in [4.69, 9.17) is 0 Å². The third-order valence-electron chi connectivity index (χ3n) is 7.68. The lowest BCUT2D eigenvalue weighted by atomic mass is 9.89. The molecule has 35 heavy (non-hydrogen) atoms. The first-order valence-electron chi connectivity index (χ1n) is 12.6. The first-order chi connectivity index (χ1) is 16.7. The van der Waals surface area contributed by atoms with E-state index in [1.54, 1.807) is 0 Å². The van der Waals surface area contributed by atoms with Gasteiger partial charge >= 0.3 is 6.18 Å². The number of hydrogen-bond acceptors (Lipinski definition) is 5. The number of carbonyl (C=O) groups is 2. The Kier molecular flexibility index (Phi) is 8.34. The van der Waals surface area contributed by atoms with Crippen LogP contribution in [0.1, 0.15) is 48.0 Å². The Morgan fingerprint density at radius 1 is 0.943 bits per heavy atom. The predicted molar refractivity (Wildman–Crippen MR) is 127 cm³/mol. The van der Waals surface area contributed by atoms with Crippen LogP contribution in [0, 0.1) is 0 Å². The van der Waals surface area contributed by atoms with Crippen LogP contribution in [0.2, 0.25) is 0 Å². The van der Waals surface area contributed by atoms with E-state index >= 15 is 0 Å². The summed E-state index contributed by atoms with van der Waals surface area (Å²) in [5.74, 6) is -1.02. The lowest BCUT2D eigenvalue weighted by Gasteiger charge is -2.42. The quantitative estimate of drug-likeness (QED) is 0.634. The van der Waals surface area contributed by atoms with Gasteiger partial charge in [-0.2, -0.15) is 13.2 Å². The maximum atomic E-state index is 12.9. The van der Waals surface area contributed by atoms with Gasteiger partial charge in [0.05, 0.1) is 12.1 Å². The van der Waals surface area contributed by atoms with E-state index in [0.29, 0.717) is 12.1 Å². The Balaban J connectivity index is 1.16. The molecule has 0 unspecified atom stereocenters. The molecule has 3 aliphatic rings. The highest BCUT2D eigenvalue weighted by Gasteiger charge is 2.34. The van der Waals surface area contributed by atoms with Gasteiger partial charge in [-0.3, -0.25) is 19.4 Å². The first kappa shape index (κ1) is 25.9. The van der Waals surface area contributed by atoms with Crippen LogP contribution in [-0.2, 0) is 11.0 Å². The van der Waals surface area contributed by atoms with Crippen LogP contribution in [0.25, 0.3) is 0 Å². The summed E-state index contributed by atoms with van der Waals surface area (Å²) in [5.41, 5.74) is -1.01. The number of carbonyl (C=O) groups excluding carboxylic acids is 2.